The molecule has 0 aromatic heterocycles. The number of hydrogen-bond acceptors (Lipinski definition) is 1. The Balaban J connectivity index is 1.73. The first kappa shape index (κ1) is 18.2. The van der Waals surface area contributed by atoms with Gasteiger partial charge >= 0.3 is 0 Å². The molecule has 0 radical (unpaired) electrons. The van der Waals surface area contributed by atoms with Crippen LogP contribution in [-0.4, -0.2) is 30.5 Å². The molecule has 130 valence electrons. The molecule has 0 N–H and O–H groups in total. The van der Waals surface area contributed by atoms with E-state index in [-0.39, 0.29) is 11.8 Å². The monoisotopic (exact) mass is 315 g/mol. The van der Waals surface area contributed by atoms with Crippen LogP contribution in [0.15, 0.2) is 0 Å². The number of halogens is 2. The maximum atomic E-state index is 14.4. The molecule has 3 heteroatoms. The van der Waals surface area contributed by atoms with Gasteiger partial charge in [-0.05, 0) is 56.5 Å². The second-order valence-electron chi connectivity index (χ2n) is 8.90. The molecule has 2 fully saturated rings. The van der Waals surface area contributed by atoms with Crippen LogP contribution in [0.4, 0.5) is 8.78 Å². The molecule has 22 heavy (non-hydrogen) atoms. The van der Waals surface area contributed by atoms with Crippen molar-refractivity contribution in [3.8, 4) is 0 Å². The molecule has 0 unspecified atom stereocenters. The molecule has 0 amide bonds. The quantitative estimate of drug-likeness (QED) is 0.625. The van der Waals surface area contributed by atoms with Crippen molar-refractivity contribution < 1.29 is 8.78 Å². The SMILES string of the molecule is CC(C)(C)CCC(F)(F)C1CCN(CC2CCCCC2)CC1. The van der Waals surface area contributed by atoms with Crippen LogP contribution in [-0.2, 0) is 0 Å². The largest absolute Gasteiger partial charge is 0.303 e. The van der Waals surface area contributed by atoms with Gasteiger partial charge in [0.05, 0.1) is 0 Å². The molecule has 0 bridgehead atoms. The molecule has 2 aliphatic rings. The number of piperidine rings is 1. The number of alkyl halides is 2. The molecule has 0 atom stereocenters. The highest BCUT2D eigenvalue weighted by Crippen LogP contribution is 2.39. The summed E-state index contributed by atoms with van der Waals surface area (Å²) in [5, 5.41) is 0. The molecule has 0 aromatic rings. The molecule has 2 rings (SSSR count). The van der Waals surface area contributed by atoms with E-state index in [1.165, 1.54) is 32.1 Å². The third-order valence-corrected chi connectivity index (χ3v) is 5.63. The van der Waals surface area contributed by atoms with E-state index in [1.54, 1.807) is 0 Å². The van der Waals surface area contributed by atoms with Crippen LogP contribution in [0.25, 0.3) is 0 Å². The Hall–Kier alpha value is -0.180. The lowest BCUT2D eigenvalue weighted by Crippen LogP contribution is -2.42. The smallest absolute Gasteiger partial charge is 0.251 e. The number of hydrogen-bond donors (Lipinski definition) is 0. The first-order valence-corrected chi connectivity index (χ1v) is 9.36. The first-order chi connectivity index (χ1) is 10.3. The van der Waals surface area contributed by atoms with Gasteiger partial charge in [0.2, 0.25) is 0 Å². The molecule has 1 aliphatic heterocycles. The summed E-state index contributed by atoms with van der Waals surface area (Å²) in [6.07, 6.45) is 8.86. The van der Waals surface area contributed by atoms with Gasteiger partial charge in [-0.15, -0.1) is 0 Å². The van der Waals surface area contributed by atoms with Crippen molar-refractivity contribution in [2.75, 3.05) is 19.6 Å². The van der Waals surface area contributed by atoms with Crippen molar-refractivity contribution >= 4 is 0 Å². The summed E-state index contributed by atoms with van der Waals surface area (Å²) in [7, 11) is 0. The summed E-state index contributed by atoms with van der Waals surface area (Å²) in [6, 6.07) is 0. The minimum atomic E-state index is -2.47. The Bertz CT molecular complexity index is 321. The topological polar surface area (TPSA) is 3.24 Å². The van der Waals surface area contributed by atoms with Gasteiger partial charge in [0.25, 0.3) is 5.92 Å². The zero-order chi connectivity index (χ0) is 16.2. The van der Waals surface area contributed by atoms with Gasteiger partial charge in [-0.1, -0.05) is 40.0 Å². The third-order valence-electron chi connectivity index (χ3n) is 5.63. The lowest BCUT2D eigenvalue weighted by atomic mass is 9.82. The van der Waals surface area contributed by atoms with Crippen LogP contribution in [0.1, 0.15) is 78.6 Å². The highest BCUT2D eigenvalue weighted by Gasteiger charge is 2.41. The summed E-state index contributed by atoms with van der Waals surface area (Å²) in [6.45, 7) is 9.07. The normalized spacial score (nSPS) is 23.9. The minimum Gasteiger partial charge on any atom is -0.303 e. The highest BCUT2D eigenvalue weighted by atomic mass is 19.3. The molecule has 0 spiro atoms. The van der Waals surface area contributed by atoms with E-state index in [4.69, 9.17) is 0 Å². The fourth-order valence-electron chi connectivity index (χ4n) is 4.02. The van der Waals surface area contributed by atoms with Gasteiger partial charge in [0.1, 0.15) is 0 Å². The van der Waals surface area contributed by atoms with E-state index in [0.717, 1.165) is 25.6 Å². The number of rotatable bonds is 5. The Morgan fingerprint density at radius 1 is 0.864 bits per heavy atom. The Morgan fingerprint density at radius 2 is 1.45 bits per heavy atom. The van der Waals surface area contributed by atoms with Crippen LogP contribution in [0.3, 0.4) is 0 Å². The highest BCUT2D eigenvalue weighted by molar-refractivity contribution is 4.85. The lowest BCUT2D eigenvalue weighted by molar-refractivity contribution is -0.0913. The maximum Gasteiger partial charge on any atom is 0.251 e. The van der Waals surface area contributed by atoms with Crippen LogP contribution < -0.4 is 0 Å². The molecular weight excluding hydrogens is 280 g/mol. The Labute approximate surface area is 135 Å². The summed E-state index contributed by atoms with van der Waals surface area (Å²) in [5.41, 5.74) is 0.00507. The fraction of sp³-hybridized carbons (Fsp3) is 1.00. The zero-order valence-corrected chi connectivity index (χ0v) is 14.8. The lowest BCUT2D eigenvalue weighted by Gasteiger charge is -2.38. The van der Waals surface area contributed by atoms with Crippen molar-refractivity contribution in [1.29, 1.82) is 0 Å². The number of likely N-dealkylation sites (tertiary alicyclic amines) is 1. The molecule has 1 aliphatic carbocycles. The fourth-order valence-corrected chi connectivity index (χ4v) is 4.02. The second-order valence-corrected chi connectivity index (χ2v) is 8.90. The average Bonchev–Trinajstić information content (AvgIpc) is 2.46. The van der Waals surface area contributed by atoms with Crippen LogP contribution in [0.2, 0.25) is 0 Å². The average molecular weight is 315 g/mol. The van der Waals surface area contributed by atoms with E-state index >= 15 is 0 Å². The summed E-state index contributed by atoms with van der Waals surface area (Å²) < 4.78 is 28.8. The molecule has 1 saturated carbocycles. The van der Waals surface area contributed by atoms with E-state index in [2.05, 4.69) is 25.7 Å². The minimum absolute atomic E-state index is 0.00507. The Kier molecular flexibility index (Phi) is 6.27. The number of nitrogens with zero attached hydrogens (tertiary/aromatic N) is 1. The summed E-state index contributed by atoms with van der Waals surface area (Å²) in [4.78, 5) is 2.45. The zero-order valence-electron chi connectivity index (χ0n) is 14.8. The predicted octanol–water partition coefficient (Wildman–Crippen LogP) is 5.74. The second kappa shape index (κ2) is 7.59. The van der Waals surface area contributed by atoms with Gasteiger partial charge in [0, 0.05) is 18.9 Å². The van der Waals surface area contributed by atoms with E-state index in [9.17, 15) is 8.78 Å². The van der Waals surface area contributed by atoms with Crippen molar-refractivity contribution in [1.82, 2.24) is 4.90 Å². The van der Waals surface area contributed by atoms with E-state index in [1.807, 2.05) is 0 Å². The van der Waals surface area contributed by atoms with Crippen molar-refractivity contribution in [2.45, 2.75) is 84.5 Å². The Morgan fingerprint density at radius 3 is 2.00 bits per heavy atom. The van der Waals surface area contributed by atoms with E-state index in [0.29, 0.717) is 19.3 Å². The van der Waals surface area contributed by atoms with Gasteiger partial charge < -0.3 is 4.90 Å². The molecular formula is C19H35F2N. The summed E-state index contributed by atoms with van der Waals surface area (Å²) in [5.74, 6) is -2.03. The van der Waals surface area contributed by atoms with Crippen molar-refractivity contribution in [2.24, 2.45) is 17.3 Å². The van der Waals surface area contributed by atoms with Gasteiger partial charge in [-0.2, -0.15) is 0 Å². The molecule has 1 heterocycles. The van der Waals surface area contributed by atoms with Crippen LogP contribution in [0.5, 0.6) is 0 Å². The van der Waals surface area contributed by atoms with Gasteiger partial charge in [0.15, 0.2) is 0 Å². The van der Waals surface area contributed by atoms with Crippen molar-refractivity contribution in [3.63, 3.8) is 0 Å². The molecule has 0 aromatic carbocycles. The predicted molar refractivity (Wildman–Crippen MR) is 89.4 cm³/mol. The van der Waals surface area contributed by atoms with E-state index < -0.39 is 11.8 Å². The van der Waals surface area contributed by atoms with Gasteiger partial charge in [-0.25, -0.2) is 8.78 Å². The maximum absolute atomic E-state index is 14.4. The van der Waals surface area contributed by atoms with Crippen LogP contribution in [0, 0.1) is 17.3 Å². The third kappa shape index (κ3) is 5.79. The standard InChI is InChI=1S/C19H35F2N/c1-18(2,3)11-12-19(20,21)17-9-13-22(14-10-17)15-16-7-5-4-6-8-16/h16-17H,4-15H2,1-3H3. The van der Waals surface area contributed by atoms with Crippen molar-refractivity contribution in [3.05, 3.63) is 0 Å². The molecule has 1 saturated heterocycles. The molecule has 1 nitrogen and oxygen atoms in total. The first-order valence-electron chi connectivity index (χ1n) is 9.36. The van der Waals surface area contributed by atoms with Crippen LogP contribution >= 0.6 is 0 Å². The summed E-state index contributed by atoms with van der Waals surface area (Å²) >= 11 is 0. The van der Waals surface area contributed by atoms with Gasteiger partial charge in [-0.3, -0.25) is 0 Å².